The van der Waals surface area contributed by atoms with Crippen molar-refractivity contribution in [1.29, 1.82) is 0 Å². The van der Waals surface area contributed by atoms with Crippen LogP contribution in [0.1, 0.15) is 48.9 Å². The summed E-state index contributed by atoms with van der Waals surface area (Å²) in [6.45, 7) is 6.09. The Morgan fingerprint density at radius 2 is 1.66 bits per heavy atom. The fraction of sp³-hybridized carbons (Fsp3) is 0.297. The number of ketones is 1. The summed E-state index contributed by atoms with van der Waals surface area (Å²) in [6.07, 6.45) is 10.2. The number of hydrogen-bond donors (Lipinski definition) is 0. The monoisotopic (exact) mass is 611 g/mol. The van der Waals surface area contributed by atoms with E-state index in [1.807, 2.05) is 72.8 Å². The molecule has 0 aliphatic heterocycles. The Bertz CT molecular complexity index is 1550. The van der Waals surface area contributed by atoms with Crippen LogP contribution in [-0.2, 0) is 38.9 Å². The minimum absolute atomic E-state index is 0.0329. The van der Waals surface area contributed by atoms with Gasteiger partial charge in [0.1, 0.15) is 18.1 Å². The van der Waals surface area contributed by atoms with Gasteiger partial charge in [-0.25, -0.2) is 0 Å². The van der Waals surface area contributed by atoms with E-state index in [9.17, 15) is 9.00 Å². The molecule has 230 valence electrons. The average molecular weight is 612 g/mol. The van der Waals surface area contributed by atoms with Gasteiger partial charge in [0.25, 0.3) is 0 Å². The third-order valence-corrected chi connectivity index (χ3v) is 8.61. The molecule has 4 rings (SSSR count). The summed E-state index contributed by atoms with van der Waals surface area (Å²) in [6, 6.07) is 23.3. The minimum Gasteiger partial charge on any atom is -0.496 e. The molecule has 1 aromatic heterocycles. The fourth-order valence-electron chi connectivity index (χ4n) is 4.71. The van der Waals surface area contributed by atoms with Gasteiger partial charge < -0.3 is 14.2 Å². The normalized spacial score (nSPS) is 11.9. The highest BCUT2D eigenvalue weighted by molar-refractivity contribution is 7.84. The molecule has 0 saturated carbocycles. The van der Waals surface area contributed by atoms with E-state index in [0.29, 0.717) is 24.7 Å². The summed E-state index contributed by atoms with van der Waals surface area (Å²) >= 11 is 0. The fourth-order valence-corrected chi connectivity index (χ4v) is 5.86. The van der Waals surface area contributed by atoms with E-state index in [2.05, 4.69) is 18.8 Å². The standard InChI is InChI=1S/C37H41NO5S/c1-4-6-21-42-22-23-43-35-14-10-30(11-15-35)31-12-18-37(41-3)32(25-31)9-13-34(39)24-28-7-16-36(17-8-28)44(40)27-33-26-38-20-19-29(33)5-2/h7-20,25-26H,4-6,21-24,27H2,1-3H3/b13-9+/t44-/m0/s1. The van der Waals surface area contributed by atoms with Crippen LogP contribution in [0.2, 0.25) is 0 Å². The van der Waals surface area contributed by atoms with Crippen molar-refractivity contribution in [1.82, 2.24) is 4.98 Å². The highest BCUT2D eigenvalue weighted by Gasteiger charge is 2.10. The van der Waals surface area contributed by atoms with Crippen LogP contribution < -0.4 is 9.47 Å². The van der Waals surface area contributed by atoms with E-state index in [-0.39, 0.29) is 12.2 Å². The SMILES string of the molecule is CCCCOCCOc1ccc(-c2ccc(OC)c(/C=C/C(=O)Cc3ccc([S@@](=O)Cc4cnccc4CC)cc3)c2)cc1. The maximum absolute atomic E-state index is 12.9. The predicted octanol–water partition coefficient (Wildman–Crippen LogP) is 7.65. The van der Waals surface area contributed by atoms with Crippen molar-refractivity contribution in [3.63, 3.8) is 0 Å². The Kier molecular flexibility index (Phi) is 12.9. The van der Waals surface area contributed by atoms with Crippen molar-refractivity contribution in [3.8, 4) is 22.6 Å². The Morgan fingerprint density at radius 3 is 2.39 bits per heavy atom. The number of allylic oxidation sites excluding steroid dienone is 1. The number of unbranched alkanes of at least 4 members (excludes halogenated alkanes) is 1. The van der Waals surface area contributed by atoms with Crippen LogP contribution >= 0.6 is 0 Å². The lowest BCUT2D eigenvalue weighted by Gasteiger charge is -2.10. The van der Waals surface area contributed by atoms with Gasteiger partial charge in [-0.05, 0) is 95.3 Å². The molecule has 3 aromatic carbocycles. The topological polar surface area (TPSA) is 74.7 Å². The van der Waals surface area contributed by atoms with Crippen LogP contribution in [-0.4, -0.2) is 41.9 Å². The highest BCUT2D eigenvalue weighted by Crippen LogP contribution is 2.29. The van der Waals surface area contributed by atoms with Crippen LogP contribution in [0.4, 0.5) is 0 Å². The van der Waals surface area contributed by atoms with Crippen molar-refractivity contribution in [3.05, 3.63) is 114 Å². The first-order chi connectivity index (χ1) is 21.5. The van der Waals surface area contributed by atoms with Crippen LogP contribution in [0.3, 0.4) is 0 Å². The van der Waals surface area contributed by atoms with Gasteiger partial charge in [-0.3, -0.25) is 14.0 Å². The number of benzene rings is 3. The van der Waals surface area contributed by atoms with E-state index in [0.717, 1.165) is 69.9 Å². The van der Waals surface area contributed by atoms with E-state index >= 15 is 0 Å². The quantitative estimate of drug-likeness (QED) is 0.0902. The van der Waals surface area contributed by atoms with Gasteiger partial charge in [-0.1, -0.05) is 50.6 Å². The maximum Gasteiger partial charge on any atom is 0.160 e. The zero-order valence-electron chi connectivity index (χ0n) is 25.8. The minimum atomic E-state index is -1.19. The van der Waals surface area contributed by atoms with Gasteiger partial charge in [-0.2, -0.15) is 0 Å². The largest absolute Gasteiger partial charge is 0.496 e. The summed E-state index contributed by atoms with van der Waals surface area (Å²) in [7, 11) is 0.433. The first kappa shape index (κ1) is 32.8. The molecule has 6 nitrogen and oxygen atoms in total. The molecule has 0 aliphatic rings. The average Bonchev–Trinajstić information content (AvgIpc) is 3.06. The van der Waals surface area contributed by atoms with Gasteiger partial charge in [0.2, 0.25) is 0 Å². The molecule has 0 radical (unpaired) electrons. The second kappa shape index (κ2) is 17.3. The molecule has 0 spiro atoms. The van der Waals surface area contributed by atoms with E-state index in [1.54, 1.807) is 31.7 Å². The van der Waals surface area contributed by atoms with Gasteiger partial charge in [0.05, 0.1) is 30.3 Å². The number of hydrogen-bond acceptors (Lipinski definition) is 6. The van der Waals surface area contributed by atoms with Gasteiger partial charge in [-0.15, -0.1) is 0 Å². The first-order valence-electron chi connectivity index (χ1n) is 15.1. The van der Waals surface area contributed by atoms with Gasteiger partial charge in [0.15, 0.2) is 5.78 Å². The summed E-state index contributed by atoms with van der Waals surface area (Å²) in [5, 5.41) is 0. The number of methoxy groups -OCH3 is 1. The van der Waals surface area contributed by atoms with Crippen LogP contribution in [0.5, 0.6) is 11.5 Å². The number of ether oxygens (including phenoxy) is 3. The molecule has 1 heterocycles. The van der Waals surface area contributed by atoms with Gasteiger partial charge in [0, 0.05) is 35.9 Å². The van der Waals surface area contributed by atoms with Gasteiger partial charge >= 0.3 is 0 Å². The van der Waals surface area contributed by atoms with Crippen molar-refractivity contribution < 1.29 is 23.2 Å². The second-order valence-corrected chi connectivity index (χ2v) is 11.9. The third-order valence-electron chi connectivity index (χ3n) is 7.24. The van der Waals surface area contributed by atoms with Crippen LogP contribution in [0, 0.1) is 0 Å². The molecule has 1 atom stereocenters. The van der Waals surface area contributed by atoms with Crippen LogP contribution in [0.15, 0.2) is 96.2 Å². The van der Waals surface area contributed by atoms with Crippen molar-refractivity contribution in [2.45, 2.75) is 50.2 Å². The molecule has 7 heteroatoms. The highest BCUT2D eigenvalue weighted by atomic mass is 32.2. The summed E-state index contributed by atoms with van der Waals surface area (Å²) in [5.74, 6) is 1.87. The van der Waals surface area contributed by atoms with Crippen molar-refractivity contribution in [2.75, 3.05) is 26.9 Å². The number of aryl methyl sites for hydroxylation is 1. The molecule has 0 bridgehead atoms. The molecule has 0 fully saturated rings. The molecular weight excluding hydrogens is 570 g/mol. The number of nitrogens with zero attached hydrogens (tertiary/aromatic N) is 1. The lowest BCUT2D eigenvalue weighted by Crippen LogP contribution is -2.07. The Balaban J connectivity index is 1.34. The molecule has 4 aromatic rings. The number of carbonyl (C=O) groups is 1. The van der Waals surface area contributed by atoms with E-state index in [1.165, 1.54) is 0 Å². The maximum atomic E-state index is 12.9. The molecule has 44 heavy (non-hydrogen) atoms. The zero-order chi connectivity index (χ0) is 31.1. The van der Waals surface area contributed by atoms with E-state index in [4.69, 9.17) is 14.2 Å². The lowest BCUT2D eigenvalue weighted by atomic mass is 10.0. The molecule has 0 saturated heterocycles. The molecule has 0 N–H and O–H groups in total. The van der Waals surface area contributed by atoms with Crippen molar-refractivity contribution >= 4 is 22.7 Å². The Morgan fingerprint density at radius 1 is 0.886 bits per heavy atom. The third kappa shape index (κ3) is 9.73. The second-order valence-electron chi connectivity index (χ2n) is 10.4. The Hall–Kier alpha value is -4.07. The summed E-state index contributed by atoms with van der Waals surface area (Å²) in [5.41, 5.74) is 5.89. The van der Waals surface area contributed by atoms with Crippen molar-refractivity contribution in [2.24, 2.45) is 0 Å². The zero-order valence-corrected chi connectivity index (χ0v) is 26.6. The summed E-state index contributed by atoms with van der Waals surface area (Å²) in [4.78, 5) is 17.8. The van der Waals surface area contributed by atoms with Crippen LogP contribution in [0.25, 0.3) is 17.2 Å². The number of aromatic nitrogens is 1. The number of carbonyl (C=O) groups excluding carboxylic acids is 1. The lowest BCUT2D eigenvalue weighted by molar-refractivity contribution is -0.113. The predicted molar refractivity (Wildman–Crippen MR) is 178 cm³/mol. The number of rotatable bonds is 17. The molecule has 0 aliphatic carbocycles. The van der Waals surface area contributed by atoms with E-state index < -0.39 is 10.8 Å². The smallest absolute Gasteiger partial charge is 0.160 e. The molecule has 0 amide bonds. The first-order valence-corrected chi connectivity index (χ1v) is 16.4. The molecule has 0 unspecified atom stereocenters. The summed E-state index contributed by atoms with van der Waals surface area (Å²) < 4.78 is 29.8. The molecular formula is C37H41NO5S. The number of pyridine rings is 1. The Labute approximate surface area is 263 Å².